The van der Waals surface area contributed by atoms with Gasteiger partial charge in [-0.25, -0.2) is 4.79 Å². The van der Waals surface area contributed by atoms with Crippen LogP contribution in [0.5, 0.6) is 5.75 Å². The number of aliphatic carboxylic acids is 1. The number of aryl methyl sites for hydroxylation is 1. The summed E-state index contributed by atoms with van der Waals surface area (Å²) in [6.07, 6.45) is 2.62. The lowest BCUT2D eigenvalue weighted by atomic mass is 9.75. The van der Waals surface area contributed by atoms with Crippen molar-refractivity contribution in [3.05, 3.63) is 29.3 Å². The van der Waals surface area contributed by atoms with Crippen LogP contribution in [-0.2, 0) is 21.5 Å². The summed E-state index contributed by atoms with van der Waals surface area (Å²) in [4.78, 5) is 24.7. The molecular formula is C15H19NO4. The molecule has 1 aliphatic rings. The minimum atomic E-state index is -1.28. The van der Waals surface area contributed by atoms with E-state index in [1.807, 2.05) is 12.1 Å². The average molecular weight is 277 g/mol. The minimum Gasteiger partial charge on any atom is -0.497 e. The lowest BCUT2D eigenvalue weighted by molar-refractivity contribution is -0.157. The molecule has 0 saturated carbocycles. The van der Waals surface area contributed by atoms with E-state index in [1.165, 1.54) is 4.90 Å². The highest BCUT2D eigenvalue weighted by Gasteiger charge is 2.48. The molecule has 0 aliphatic heterocycles. The molecule has 5 nitrogen and oxygen atoms in total. The minimum absolute atomic E-state index is 0.354. The number of carbonyl (C=O) groups excluding carboxylic acids is 1. The molecule has 0 fully saturated rings. The van der Waals surface area contributed by atoms with Crippen molar-refractivity contribution in [3.63, 3.8) is 0 Å². The number of amides is 1. The van der Waals surface area contributed by atoms with Crippen molar-refractivity contribution in [3.8, 4) is 5.75 Å². The number of carbonyl (C=O) groups is 2. The molecule has 1 amide bonds. The summed E-state index contributed by atoms with van der Waals surface area (Å²) in [6, 6.07) is 5.46. The lowest BCUT2D eigenvalue weighted by Gasteiger charge is -2.42. The SMILES string of the molecule is CCN(C=O)C1(C(=O)O)CCCc2ccc(OC)cc21. The fraction of sp³-hybridized carbons (Fsp3) is 0.467. The van der Waals surface area contributed by atoms with E-state index in [9.17, 15) is 14.7 Å². The lowest BCUT2D eigenvalue weighted by Crippen LogP contribution is -2.53. The van der Waals surface area contributed by atoms with Gasteiger partial charge in [-0.05, 0) is 49.4 Å². The molecule has 20 heavy (non-hydrogen) atoms. The first kappa shape index (κ1) is 14.4. The van der Waals surface area contributed by atoms with Crippen LogP contribution in [0, 0.1) is 0 Å². The molecule has 0 bridgehead atoms. The smallest absolute Gasteiger partial charge is 0.334 e. The number of nitrogens with zero attached hydrogens (tertiary/aromatic N) is 1. The Bertz CT molecular complexity index is 529. The number of carboxylic acid groups (broad SMARTS) is 1. The Labute approximate surface area is 118 Å². The van der Waals surface area contributed by atoms with E-state index in [4.69, 9.17) is 4.74 Å². The van der Waals surface area contributed by atoms with Gasteiger partial charge in [0.25, 0.3) is 0 Å². The van der Waals surface area contributed by atoms with E-state index in [1.54, 1.807) is 20.1 Å². The molecule has 1 unspecified atom stereocenters. The van der Waals surface area contributed by atoms with E-state index in [0.29, 0.717) is 30.7 Å². The summed E-state index contributed by atoms with van der Waals surface area (Å²) in [5.41, 5.74) is 0.364. The van der Waals surface area contributed by atoms with Crippen LogP contribution in [0.2, 0.25) is 0 Å². The predicted octanol–water partition coefficient (Wildman–Crippen LogP) is 1.79. The van der Waals surface area contributed by atoms with E-state index < -0.39 is 11.5 Å². The van der Waals surface area contributed by atoms with E-state index in [-0.39, 0.29) is 0 Å². The van der Waals surface area contributed by atoms with Crippen LogP contribution in [0.1, 0.15) is 30.9 Å². The highest BCUT2D eigenvalue weighted by Crippen LogP contribution is 2.41. The second-order valence-corrected chi connectivity index (χ2v) is 4.93. The number of fused-ring (bicyclic) bond motifs is 1. The summed E-state index contributed by atoms with van der Waals surface area (Å²) in [5, 5.41) is 9.79. The molecule has 0 radical (unpaired) electrons. The number of methoxy groups -OCH3 is 1. The van der Waals surface area contributed by atoms with Gasteiger partial charge in [0.05, 0.1) is 7.11 Å². The van der Waals surface area contributed by atoms with Crippen LogP contribution in [0.15, 0.2) is 18.2 Å². The van der Waals surface area contributed by atoms with Gasteiger partial charge in [0, 0.05) is 6.54 Å². The highest BCUT2D eigenvalue weighted by atomic mass is 16.5. The Morgan fingerprint density at radius 3 is 2.85 bits per heavy atom. The number of benzene rings is 1. The molecule has 0 spiro atoms. The van der Waals surface area contributed by atoms with Gasteiger partial charge in [0.2, 0.25) is 6.41 Å². The number of hydrogen-bond donors (Lipinski definition) is 1. The zero-order valence-corrected chi connectivity index (χ0v) is 11.8. The number of hydrogen-bond acceptors (Lipinski definition) is 3. The van der Waals surface area contributed by atoms with Gasteiger partial charge in [-0.1, -0.05) is 6.07 Å². The van der Waals surface area contributed by atoms with Crippen LogP contribution in [0.4, 0.5) is 0 Å². The molecule has 1 aliphatic carbocycles. The van der Waals surface area contributed by atoms with E-state index in [2.05, 4.69) is 0 Å². The molecule has 1 aromatic rings. The van der Waals surface area contributed by atoms with Crippen LogP contribution < -0.4 is 4.74 Å². The van der Waals surface area contributed by atoms with Crippen LogP contribution in [0.3, 0.4) is 0 Å². The molecule has 1 atom stereocenters. The van der Waals surface area contributed by atoms with Gasteiger partial charge in [-0.15, -0.1) is 0 Å². The topological polar surface area (TPSA) is 66.8 Å². The van der Waals surface area contributed by atoms with Gasteiger partial charge >= 0.3 is 5.97 Å². The molecule has 108 valence electrons. The normalized spacial score (nSPS) is 20.9. The first-order valence-corrected chi connectivity index (χ1v) is 6.73. The summed E-state index contributed by atoms with van der Waals surface area (Å²) >= 11 is 0. The van der Waals surface area contributed by atoms with Gasteiger partial charge in [0.1, 0.15) is 5.75 Å². The fourth-order valence-electron chi connectivity index (χ4n) is 3.03. The maximum atomic E-state index is 12.0. The first-order chi connectivity index (χ1) is 9.59. The third-order valence-corrected chi connectivity index (χ3v) is 4.06. The Kier molecular flexibility index (Phi) is 3.97. The quantitative estimate of drug-likeness (QED) is 0.833. The maximum Gasteiger partial charge on any atom is 0.334 e. The monoisotopic (exact) mass is 277 g/mol. The summed E-state index contributed by atoms with van der Waals surface area (Å²) in [7, 11) is 1.55. The largest absolute Gasteiger partial charge is 0.497 e. The van der Waals surface area contributed by atoms with E-state index in [0.717, 1.165) is 18.4 Å². The maximum absolute atomic E-state index is 12.0. The van der Waals surface area contributed by atoms with Crippen molar-refractivity contribution in [2.45, 2.75) is 31.7 Å². The third kappa shape index (κ3) is 2.03. The molecule has 0 saturated heterocycles. The summed E-state index contributed by atoms with van der Waals surface area (Å²) in [5.74, 6) is -0.376. The highest BCUT2D eigenvalue weighted by molar-refractivity contribution is 5.84. The van der Waals surface area contributed by atoms with Crippen LogP contribution in [-0.4, -0.2) is 36.0 Å². The molecule has 2 rings (SSSR count). The molecular weight excluding hydrogens is 258 g/mol. The predicted molar refractivity (Wildman–Crippen MR) is 73.7 cm³/mol. The van der Waals surface area contributed by atoms with Crippen molar-refractivity contribution in [2.75, 3.05) is 13.7 Å². The van der Waals surface area contributed by atoms with Gasteiger partial charge in [-0.3, -0.25) is 4.79 Å². The van der Waals surface area contributed by atoms with Crippen molar-refractivity contribution < 1.29 is 19.4 Å². The zero-order valence-electron chi connectivity index (χ0n) is 11.8. The molecule has 1 N–H and O–H groups in total. The second-order valence-electron chi connectivity index (χ2n) is 4.93. The van der Waals surface area contributed by atoms with Gasteiger partial charge in [-0.2, -0.15) is 0 Å². The zero-order chi connectivity index (χ0) is 14.8. The Morgan fingerprint density at radius 1 is 1.55 bits per heavy atom. The second kappa shape index (κ2) is 5.53. The first-order valence-electron chi connectivity index (χ1n) is 6.73. The average Bonchev–Trinajstić information content (AvgIpc) is 2.47. The Hall–Kier alpha value is -2.04. The third-order valence-electron chi connectivity index (χ3n) is 4.06. The Morgan fingerprint density at radius 2 is 2.30 bits per heavy atom. The summed E-state index contributed by atoms with van der Waals surface area (Å²) < 4.78 is 5.20. The van der Waals surface area contributed by atoms with Crippen molar-refractivity contribution in [1.29, 1.82) is 0 Å². The number of rotatable bonds is 5. The molecule has 0 heterocycles. The molecule has 0 aromatic heterocycles. The molecule has 1 aromatic carbocycles. The Balaban J connectivity index is 2.66. The van der Waals surface area contributed by atoms with Crippen molar-refractivity contribution in [1.82, 2.24) is 4.90 Å². The fourth-order valence-corrected chi connectivity index (χ4v) is 3.03. The number of likely N-dealkylation sites (N-methyl/N-ethyl adjacent to an activating group) is 1. The standard InChI is InChI=1S/C15H19NO4/c1-3-16(10-17)15(14(18)19)8-4-5-11-6-7-12(20-2)9-13(11)15/h6-7,9-10H,3-5,8H2,1-2H3,(H,18,19). The number of ether oxygens (including phenoxy) is 1. The molecule has 5 heteroatoms. The summed E-state index contributed by atoms with van der Waals surface area (Å²) in [6.45, 7) is 2.14. The van der Waals surface area contributed by atoms with Crippen LogP contribution in [0.25, 0.3) is 0 Å². The van der Waals surface area contributed by atoms with Crippen molar-refractivity contribution >= 4 is 12.4 Å². The van der Waals surface area contributed by atoms with Gasteiger partial charge < -0.3 is 14.7 Å². The number of carboxylic acids is 1. The van der Waals surface area contributed by atoms with E-state index >= 15 is 0 Å². The van der Waals surface area contributed by atoms with Crippen LogP contribution >= 0.6 is 0 Å². The van der Waals surface area contributed by atoms with Gasteiger partial charge in [0.15, 0.2) is 5.54 Å². The van der Waals surface area contributed by atoms with Crippen molar-refractivity contribution in [2.24, 2.45) is 0 Å².